The number of nitrogens with one attached hydrogen (secondary N) is 1. The Kier molecular flexibility index (Phi) is 2.83. The van der Waals surface area contributed by atoms with Gasteiger partial charge in [-0.3, -0.25) is 0 Å². The molecular formula is C9H8ClIN2O. The molecule has 0 atom stereocenters. The van der Waals surface area contributed by atoms with Gasteiger partial charge in [0.05, 0.1) is 22.1 Å². The molecule has 0 aliphatic carbocycles. The van der Waals surface area contributed by atoms with Crippen LogP contribution in [0.1, 0.15) is 5.82 Å². The molecule has 3 nitrogen and oxygen atoms in total. The van der Waals surface area contributed by atoms with Crippen molar-refractivity contribution in [2.45, 2.75) is 5.88 Å². The maximum atomic E-state index is 5.70. The van der Waals surface area contributed by atoms with Gasteiger partial charge in [-0.05, 0) is 34.7 Å². The van der Waals surface area contributed by atoms with Crippen LogP contribution < -0.4 is 4.74 Å². The Morgan fingerprint density at radius 2 is 2.36 bits per heavy atom. The van der Waals surface area contributed by atoms with Gasteiger partial charge in [0.15, 0.2) is 5.75 Å². The van der Waals surface area contributed by atoms with Gasteiger partial charge in [-0.1, -0.05) is 0 Å². The maximum Gasteiger partial charge on any atom is 0.159 e. The first-order valence-corrected chi connectivity index (χ1v) is 5.64. The van der Waals surface area contributed by atoms with Crippen molar-refractivity contribution in [1.82, 2.24) is 9.97 Å². The zero-order valence-electron chi connectivity index (χ0n) is 7.47. The Bertz CT molecular complexity index is 469. The van der Waals surface area contributed by atoms with Crippen LogP contribution in [0.2, 0.25) is 0 Å². The van der Waals surface area contributed by atoms with E-state index in [2.05, 4.69) is 32.6 Å². The summed E-state index contributed by atoms with van der Waals surface area (Å²) < 4.78 is 6.33. The number of nitrogens with zero attached hydrogens (tertiary/aromatic N) is 1. The Morgan fingerprint density at radius 1 is 1.57 bits per heavy atom. The summed E-state index contributed by atoms with van der Waals surface area (Å²) in [5.74, 6) is 1.95. The molecule has 0 spiro atoms. The summed E-state index contributed by atoms with van der Waals surface area (Å²) in [7, 11) is 1.64. The minimum atomic E-state index is 0.383. The largest absolute Gasteiger partial charge is 0.493 e. The zero-order valence-corrected chi connectivity index (χ0v) is 10.4. The van der Waals surface area contributed by atoms with Crippen molar-refractivity contribution in [3.05, 3.63) is 21.5 Å². The van der Waals surface area contributed by atoms with Crippen molar-refractivity contribution in [2.24, 2.45) is 0 Å². The van der Waals surface area contributed by atoms with Gasteiger partial charge in [0, 0.05) is 0 Å². The summed E-state index contributed by atoms with van der Waals surface area (Å²) >= 11 is 7.92. The predicted molar refractivity (Wildman–Crippen MR) is 64.9 cm³/mol. The molecule has 0 saturated heterocycles. The van der Waals surface area contributed by atoms with Crippen LogP contribution in [0.3, 0.4) is 0 Å². The van der Waals surface area contributed by atoms with Crippen molar-refractivity contribution in [3.63, 3.8) is 0 Å². The second-order valence-corrected chi connectivity index (χ2v) is 4.22. The van der Waals surface area contributed by atoms with E-state index in [0.717, 1.165) is 26.2 Å². The van der Waals surface area contributed by atoms with E-state index < -0.39 is 0 Å². The fourth-order valence-corrected chi connectivity index (χ4v) is 2.12. The fraction of sp³-hybridized carbons (Fsp3) is 0.222. The molecule has 1 aromatic heterocycles. The monoisotopic (exact) mass is 322 g/mol. The molecule has 0 fully saturated rings. The first kappa shape index (κ1) is 10.0. The summed E-state index contributed by atoms with van der Waals surface area (Å²) in [5, 5.41) is 0. The number of benzene rings is 1. The normalized spacial score (nSPS) is 10.8. The predicted octanol–water partition coefficient (Wildman–Crippen LogP) is 2.91. The number of imidazole rings is 1. The average molecular weight is 323 g/mol. The summed E-state index contributed by atoms with van der Waals surface area (Å²) in [4.78, 5) is 7.47. The van der Waals surface area contributed by atoms with Gasteiger partial charge in [-0.2, -0.15) is 0 Å². The van der Waals surface area contributed by atoms with Crippen molar-refractivity contribution in [2.75, 3.05) is 7.11 Å². The number of aromatic amines is 1. The molecule has 2 aromatic rings. The second kappa shape index (κ2) is 3.94. The van der Waals surface area contributed by atoms with Gasteiger partial charge < -0.3 is 9.72 Å². The van der Waals surface area contributed by atoms with Crippen molar-refractivity contribution >= 4 is 45.2 Å². The molecule has 5 heteroatoms. The van der Waals surface area contributed by atoms with Gasteiger partial charge in [0.2, 0.25) is 0 Å². The van der Waals surface area contributed by atoms with E-state index in [1.54, 1.807) is 7.11 Å². The lowest BCUT2D eigenvalue weighted by molar-refractivity contribution is 0.416. The Labute approximate surface area is 100.0 Å². The van der Waals surface area contributed by atoms with Gasteiger partial charge >= 0.3 is 0 Å². The highest BCUT2D eigenvalue weighted by molar-refractivity contribution is 14.1. The van der Waals surface area contributed by atoms with E-state index in [1.807, 2.05) is 12.1 Å². The number of ether oxygens (including phenoxy) is 1. The van der Waals surface area contributed by atoms with Gasteiger partial charge in [0.25, 0.3) is 0 Å². The Morgan fingerprint density at radius 3 is 3.00 bits per heavy atom. The number of methoxy groups -OCH3 is 1. The lowest BCUT2D eigenvalue weighted by Crippen LogP contribution is -1.88. The Balaban J connectivity index is 2.73. The van der Waals surface area contributed by atoms with E-state index in [-0.39, 0.29) is 0 Å². The second-order valence-electron chi connectivity index (χ2n) is 2.79. The van der Waals surface area contributed by atoms with Crippen molar-refractivity contribution < 1.29 is 4.74 Å². The third-order valence-electron chi connectivity index (χ3n) is 1.94. The highest BCUT2D eigenvalue weighted by Gasteiger charge is 2.10. The quantitative estimate of drug-likeness (QED) is 0.682. The number of hydrogen-bond acceptors (Lipinski definition) is 2. The number of hydrogen-bond donors (Lipinski definition) is 1. The maximum absolute atomic E-state index is 5.70. The fourth-order valence-electron chi connectivity index (χ4n) is 1.33. The number of aromatic nitrogens is 2. The Hall–Kier alpha value is -0.490. The topological polar surface area (TPSA) is 37.9 Å². The molecule has 0 amide bonds. The minimum Gasteiger partial charge on any atom is -0.493 e. The molecule has 14 heavy (non-hydrogen) atoms. The summed E-state index contributed by atoms with van der Waals surface area (Å²) in [6, 6.07) is 3.96. The summed E-state index contributed by atoms with van der Waals surface area (Å²) in [6.07, 6.45) is 0. The van der Waals surface area contributed by atoms with Crippen LogP contribution in [0, 0.1) is 3.57 Å². The SMILES string of the molecule is COc1c(I)ccc2[nH]c(CCl)nc12. The van der Waals surface area contributed by atoms with E-state index in [4.69, 9.17) is 16.3 Å². The lowest BCUT2D eigenvalue weighted by atomic mass is 10.3. The van der Waals surface area contributed by atoms with Crippen molar-refractivity contribution in [3.8, 4) is 5.75 Å². The molecule has 0 aliphatic rings. The van der Waals surface area contributed by atoms with E-state index in [1.165, 1.54) is 0 Å². The molecule has 1 aromatic carbocycles. The molecule has 0 saturated carbocycles. The molecule has 74 valence electrons. The lowest BCUT2D eigenvalue weighted by Gasteiger charge is -2.02. The third-order valence-corrected chi connectivity index (χ3v) is 3.04. The van der Waals surface area contributed by atoms with Crippen LogP contribution in [-0.4, -0.2) is 17.1 Å². The number of fused-ring (bicyclic) bond motifs is 1. The molecule has 0 unspecified atom stereocenters. The van der Waals surface area contributed by atoms with Crippen LogP contribution >= 0.6 is 34.2 Å². The molecular weight excluding hydrogens is 314 g/mol. The highest BCUT2D eigenvalue weighted by atomic mass is 127. The minimum absolute atomic E-state index is 0.383. The van der Waals surface area contributed by atoms with E-state index in [0.29, 0.717) is 5.88 Å². The number of halogens is 2. The number of rotatable bonds is 2. The molecule has 1 N–H and O–H groups in total. The van der Waals surface area contributed by atoms with Gasteiger partial charge in [-0.25, -0.2) is 4.98 Å². The third kappa shape index (κ3) is 1.56. The zero-order chi connectivity index (χ0) is 10.1. The highest BCUT2D eigenvalue weighted by Crippen LogP contribution is 2.29. The van der Waals surface area contributed by atoms with Crippen LogP contribution in [0.5, 0.6) is 5.75 Å². The molecule has 0 aliphatic heterocycles. The van der Waals surface area contributed by atoms with E-state index in [9.17, 15) is 0 Å². The summed E-state index contributed by atoms with van der Waals surface area (Å²) in [6.45, 7) is 0. The van der Waals surface area contributed by atoms with Crippen LogP contribution in [0.4, 0.5) is 0 Å². The van der Waals surface area contributed by atoms with E-state index >= 15 is 0 Å². The standard InChI is InChI=1S/C9H8ClIN2O/c1-14-9-5(11)2-3-6-8(9)13-7(4-10)12-6/h2-3H,4H2,1H3,(H,12,13). The molecule has 0 radical (unpaired) electrons. The molecule has 2 rings (SSSR count). The van der Waals surface area contributed by atoms with Gasteiger partial charge in [0.1, 0.15) is 11.3 Å². The van der Waals surface area contributed by atoms with Crippen molar-refractivity contribution in [1.29, 1.82) is 0 Å². The smallest absolute Gasteiger partial charge is 0.159 e. The van der Waals surface area contributed by atoms with Crippen LogP contribution in [0.25, 0.3) is 11.0 Å². The van der Waals surface area contributed by atoms with Gasteiger partial charge in [-0.15, -0.1) is 11.6 Å². The molecule has 0 bridgehead atoms. The van der Waals surface area contributed by atoms with Crippen LogP contribution in [0.15, 0.2) is 12.1 Å². The summed E-state index contributed by atoms with van der Waals surface area (Å²) in [5.41, 5.74) is 1.80. The number of H-pyrrole nitrogens is 1. The first-order chi connectivity index (χ1) is 6.76. The first-order valence-electron chi connectivity index (χ1n) is 4.03. The number of alkyl halides is 1. The molecule has 1 heterocycles. The van der Waals surface area contributed by atoms with Crippen LogP contribution in [-0.2, 0) is 5.88 Å². The average Bonchev–Trinajstić information content (AvgIpc) is 2.60.